The molecule has 0 aliphatic heterocycles. The molecule has 1 aromatic rings. The zero-order chi connectivity index (χ0) is 11.1. The molecule has 0 amide bonds. The number of hydrogen-bond acceptors (Lipinski definition) is 2. The van der Waals surface area contributed by atoms with Crippen LogP contribution in [-0.2, 0) is 4.79 Å². The molecule has 3 unspecified atom stereocenters. The van der Waals surface area contributed by atoms with Crippen LogP contribution in [0.25, 0.3) is 0 Å². The summed E-state index contributed by atoms with van der Waals surface area (Å²) >= 11 is 0. The summed E-state index contributed by atoms with van der Waals surface area (Å²) < 4.78 is 0. The Balaban J connectivity index is 1.72. The smallest absolute Gasteiger partial charge is 0.143 e. The molecule has 2 aliphatic rings. The number of ketones is 1. The molecule has 0 radical (unpaired) electrons. The summed E-state index contributed by atoms with van der Waals surface area (Å²) in [6.45, 7) is 2.03. The van der Waals surface area contributed by atoms with E-state index in [1.165, 1.54) is 19.3 Å². The summed E-state index contributed by atoms with van der Waals surface area (Å²) in [7, 11) is 0. The van der Waals surface area contributed by atoms with Crippen molar-refractivity contribution in [2.45, 2.75) is 32.1 Å². The van der Waals surface area contributed by atoms with Crippen LogP contribution in [0, 0.1) is 17.8 Å². The standard InChI is InChI=1S/C14H17NO/c1-9(10-5-7-15-8-6-10)14(16)13-11-3-2-4-12(11)13/h5-9,11-13H,2-4H2,1H3. The van der Waals surface area contributed by atoms with Crippen molar-refractivity contribution >= 4 is 5.78 Å². The summed E-state index contributed by atoms with van der Waals surface area (Å²) in [6.07, 6.45) is 7.44. The number of Topliss-reactive ketones (excluding diaryl/α,β-unsaturated/α-hetero) is 1. The molecular formula is C14H17NO. The van der Waals surface area contributed by atoms with Crippen LogP contribution >= 0.6 is 0 Å². The second-order valence-electron chi connectivity index (χ2n) is 5.19. The van der Waals surface area contributed by atoms with Crippen molar-refractivity contribution < 1.29 is 4.79 Å². The third kappa shape index (κ3) is 1.48. The van der Waals surface area contributed by atoms with E-state index in [9.17, 15) is 4.79 Å². The van der Waals surface area contributed by atoms with Gasteiger partial charge in [0.05, 0.1) is 0 Å². The highest BCUT2D eigenvalue weighted by molar-refractivity contribution is 5.90. The minimum Gasteiger partial charge on any atom is -0.299 e. The van der Waals surface area contributed by atoms with Gasteiger partial charge in [-0.05, 0) is 42.4 Å². The predicted octanol–water partition coefficient (Wildman–Crippen LogP) is 2.80. The fourth-order valence-corrected chi connectivity index (χ4v) is 3.35. The Kier molecular flexibility index (Phi) is 2.31. The van der Waals surface area contributed by atoms with E-state index in [4.69, 9.17) is 0 Å². The predicted molar refractivity (Wildman–Crippen MR) is 62.0 cm³/mol. The molecular weight excluding hydrogens is 198 g/mol. The molecule has 2 nitrogen and oxygen atoms in total. The van der Waals surface area contributed by atoms with Crippen molar-refractivity contribution in [3.8, 4) is 0 Å². The molecule has 84 valence electrons. The van der Waals surface area contributed by atoms with Crippen LogP contribution in [0.1, 0.15) is 37.7 Å². The lowest BCUT2D eigenvalue weighted by molar-refractivity contribution is -0.122. The van der Waals surface area contributed by atoms with Gasteiger partial charge in [-0.3, -0.25) is 9.78 Å². The number of nitrogens with zero attached hydrogens (tertiary/aromatic N) is 1. The van der Waals surface area contributed by atoms with Gasteiger partial charge < -0.3 is 0 Å². The monoisotopic (exact) mass is 215 g/mol. The minimum absolute atomic E-state index is 0.0543. The maximum atomic E-state index is 12.3. The zero-order valence-corrected chi connectivity index (χ0v) is 9.60. The first-order valence-corrected chi connectivity index (χ1v) is 6.22. The number of fused-ring (bicyclic) bond motifs is 1. The molecule has 2 heteroatoms. The third-order valence-corrected chi connectivity index (χ3v) is 4.37. The van der Waals surface area contributed by atoms with Crippen LogP contribution in [-0.4, -0.2) is 10.8 Å². The van der Waals surface area contributed by atoms with E-state index in [2.05, 4.69) is 4.98 Å². The van der Waals surface area contributed by atoms with Crippen molar-refractivity contribution in [3.63, 3.8) is 0 Å². The topological polar surface area (TPSA) is 30.0 Å². The van der Waals surface area contributed by atoms with Crippen LogP contribution in [0.15, 0.2) is 24.5 Å². The number of hydrogen-bond donors (Lipinski definition) is 0. The van der Waals surface area contributed by atoms with Crippen molar-refractivity contribution in [1.29, 1.82) is 0 Å². The van der Waals surface area contributed by atoms with Crippen molar-refractivity contribution in [3.05, 3.63) is 30.1 Å². The summed E-state index contributed by atoms with van der Waals surface area (Å²) in [6, 6.07) is 3.92. The highest BCUT2D eigenvalue weighted by atomic mass is 16.1. The second-order valence-corrected chi connectivity index (χ2v) is 5.19. The molecule has 0 spiro atoms. The highest BCUT2D eigenvalue weighted by Crippen LogP contribution is 2.59. The maximum absolute atomic E-state index is 12.3. The molecule has 2 saturated carbocycles. The van der Waals surface area contributed by atoms with E-state index in [0.717, 1.165) is 17.4 Å². The molecule has 3 atom stereocenters. The van der Waals surface area contributed by atoms with Crippen molar-refractivity contribution in [2.24, 2.45) is 17.8 Å². The van der Waals surface area contributed by atoms with E-state index in [1.54, 1.807) is 12.4 Å². The zero-order valence-electron chi connectivity index (χ0n) is 9.60. The molecule has 0 saturated heterocycles. The van der Waals surface area contributed by atoms with Gasteiger partial charge in [0.15, 0.2) is 0 Å². The SMILES string of the molecule is CC(C(=O)C1C2CCCC21)c1ccncc1. The Labute approximate surface area is 96.1 Å². The van der Waals surface area contributed by atoms with Crippen LogP contribution in [0.5, 0.6) is 0 Å². The third-order valence-electron chi connectivity index (χ3n) is 4.37. The maximum Gasteiger partial charge on any atom is 0.143 e. The van der Waals surface area contributed by atoms with Gasteiger partial charge in [-0.2, -0.15) is 0 Å². The Bertz CT molecular complexity index is 390. The van der Waals surface area contributed by atoms with E-state index in [0.29, 0.717) is 11.7 Å². The lowest BCUT2D eigenvalue weighted by Gasteiger charge is -2.11. The summed E-state index contributed by atoms with van der Waals surface area (Å²) in [5.74, 6) is 2.37. The van der Waals surface area contributed by atoms with E-state index in [1.807, 2.05) is 19.1 Å². The van der Waals surface area contributed by atoms with Gasteiger partial charge in [0.1, 0.15) is 5.78 Å². The van der Waals surface area contributed by atoms with E-state index in [-0.39, 0.29) is 5.92 Å². The largest absolute Gasteiger partial charge is 0.299 e. The van der Waals surface area contributed by atoms with Crippen LogP contribution in [0.4, 0.5) is 0 Å². The van der Waals surface area contributed by atoms with Gasteiger partial charge >= 0.3 is 0 Å². The van der Waals surface area contributed by atoms with E-state index >= 15 is 0 Å². The lowest BCUT2D eigenvalue weighted by atomic mass is 9.92. The van der Waals surface area contributed by atoms with Gasteiger partial charge in [-0.25, -0.2) is 0 Å². The van der Waals surface area contributed by atoms with Gasteiger partial charge in [-0.1, -0.05) is 13.3 Å². The average Bonchev–Trinajstić information content (AvgIpc) is 2.81. The van der Waals surface area contributed by atoms with E-state index < -0.39 is 0 Å². The summed E-state index contributed by atoms with van der Waals surface area (Å²) in [4.78, 5) is 16.3. The Morgan fingerprint density at radius 2 is 1.94 bits per heavy atom. The molecule has 0 bridgehead atoms. The first-order chi connectivity index (χ1) is 7.79. The molecule has 3 rings (SSSR count). The number of rotatable bonds is 3. The van der Waals surface area contributed by atoms with Crippen molar-refractivity contribution in [1.82, 2.24) is 4.98 Å². The number of aromatic nitrogens is 1. The first-order valence-electron chi connectivity index (χ1n) is 6.22. The Hall–Kier alpha value is -1.18. The minimum atomic E-state index is 0.0543. The Morgan fingerprint density at radius 1 is 1.31 bits per heavy atom. The van der Waals surface area contributed by atoms with Gasteiger partial charge in [0.2, 0.25) is 0 Å². The molecule has 0 N–H and O–H groups in total. The quantitative estimate of drug-likeness (QED) is 0.776. The number of pyridine rings is 1. The second kappa shape index (κ2) is 3.69. The molecule has 0 aromatic carbocycles. The number of carbonyl (C=O) groups is 1. The molecule has 1 aromatic heterocycles. The highest BCUT2D eigenvalue weighted by Gasteiger charge is 2.56. The molecule has 2 aliphatic carbocycles. The fourth-order valence-electron chi connectivity index (χ4n) is 3.35. The summed E-state index contributed by atoms with van der Waals surface area (Å²) in [5.41, 5.74) is 1.12. The number of carbonyl (C=O) groups excluding carboxylic acids is 1. The lowest BCUT2D eigenvalue weighted by Crippen LogP contribution is -2.14. The molecule has 2 fully saturated rings. The molecule has 1 heterocycles. The summed E-state index contributed by atoms with van der Waals surface area (Å²) in [5, 5.41) is 0. The van der Waals surface area contributed by atoms with Gasteiger partial charge in [0, 0.05) is 24.2 Å². The van der Waals surface area contributed by atoms with Gasteiger partial charge in [-0.15, -0.1) is 0 Å². The van der Waals surface area contributed by atoms with Crippen molar-refractivity contribution in [2.75, 3.05) is 0 Å². The fraction of sp³-hybridized carbons (Fsp3) is 0.571. The van der Waals surface area contributed by atoms with Gasteiger partial charge in [0.25, 0.3) is 0 Å². The normalized spacial score (nSPS) is 33.2. The van der Waals surface area contributed by atoms with Crippen LogP contribution < -0.4 is 0 Å². The first kappa shape index (κ1) is 10.0. The van der Waals surface area contributed by atoms with Crippen LogP contribution in [0.2, 0.25) is 0 Å². The molecule has 16 heavy (non-hydrogen) atoms. The van der Waals surface area contributed by atoms with Crippen LogP contribution in [0.3, 0.4) is 0 Å². The average molecular weight is 215 g/mol. The Morgan fingerprint density at radius 3 is 2.56 bits per heavy atom.